The Labute approximate surface area is 102 Å². The summed E-state index contributed by atoms with van der Waals surface area (Å²) in [7, 11) is 0. The first-order valence-electron chi connectivity index (χ1n) is 6.19. The molecule has 2 unspecified atom stereocenters. The Kier molecular flexibility index (Phi) is 4.37. The fraction of sp³-hybridized carbons (Fsp3) is 0.833. The van der Waals surface area contributed by atoms with Crippen molar-refractivity contribution in [3.63, 3.8) is 0 Å². The SMILES string of the molecule is CCC(C)CNC(=O)NC(C)(C(=O)O)C1CC1. The largest absolute Gasteiger partial charge is 0.480 e. The van der Waals surface area contributed by atoms with Gasteiger partial charge in [0, 0.05) is 6.54 Å². The number of urea groups is 1. The van der Waals surface area contributed by atoms with E-state index in [1.54, 1.807) is 6.92 Å². The maximum Gasteiger partial charge on any atom is 0.329 e. The third-order valence-corrected chi connectivity index (χ3v) is 3.52. The van der Waals surface area contributed by atoms with Crippen molar-refractivity contribution in [1.29, 1.82) is 0 Å². The highest BCUT2D eigenvalue weighted by Crippen LogP contribution is 2.39. The van der Waals surface area contributed by atoms with E-state index in [0.29, 0.717) is 12.5 Å². The van der Waals surface area contributed by atoms with E-state index in [1.807, 2.05) is 6.92 Å². The number of amides is 2. The maximum absolute atomic E-state index is 11.6. The fourth-order valence-electron chi connectivity index (χ4n) is 1.68. The smallest absolute Gasteiger partial charge is 0.329 e. The van der Waals surface area contributed by atoms with Crippen LogP contribution in [0.1, 0.15) is 40.0 Å². The summed E-state index contributed by atoms with van der Waals surface area (Å²) < 4.78 is 0. The van der Waals surface area contributed by atoms with Gasteiger partial charge in [-0.3, -0.25) is 0 Å². The second kappa shape index (κ2) is 5.38. The molecule has 0 aromatic carbocycles. The summed E-state index contributed by atoms with van der Waals surface area (Å²) in [6, 6.07) is -0.387. The van der Waals surface area contributed by atoms with Crippen molar-refractivity contribution in [2.75, 3.05) is 6.54 Å². The van der Waals surface area contributed by atoms with E-state index in [4.69, 9.17) is 0 Å². The molecule has 1 aliphatic rings. The van der Waals surface area contributed by atoms with Gasteiger partial charge in [-0.15, -0.1) is 0 Å². The quantitative estimate of drug-likeness (QED) is 0.661. The van der Waals surface area contributed by atoms with Crippen LogP contribution in [0.5, 0.6) is 0 Å². The molecule has 5 heteroatoms. The molecule has 0 saturated heterocycles. The minimum Gasteiger partial charge on any atom is -0.480 e. The van der Waals surface area contributed by atoms with Crippen LogP contribution in [0, 0.1) is 11.8 Å². The summed E-state index contributed by atoms with van der Waals surface area (Å²) in [6.45, 7) is 6.24. The van der Waals surface area contributed by atoms with Gasteiger partial charge in [-0.05, 0) is 31.6 Å². The van der Waals surface area contributed by atoms with E-state index < -0.39 is 11.5 Å². The van der Waals surface area contributed by atoms with E-state index in [0.717, 1.165) is 19.3 Å². The first kappa shape index (κ1) is 13.8. The van der Waals surface area contributed by atoms with Crippen LogP contribution in [0.25, 0.3) is 0 Å². The van der Waals surface area contributed by atoms with Crippen molar-refractivity contribution < 1.29 is 14.7 Å². The van der Waals surface area contributed by atoms with Gasteiger partial charge in [-0.2, -0.15) is 0 Å². The van der Waals surface area contributed by atoms with Crippen LogP contribution in [-0.2, 0) is 4.79 Å². The molecule has 17 heavy (non-hydrogen) atoms. The summed E-state index contributed by atoms with van der Waals surface area (Å²) in [5, 5.41) is 14.5. The highest BCUT2D eigenvalue weighted by molar-refractivity contribution is 5.86. The summed E-state index contributed by atoms with van der Waals surface area (Å²) in [4.78, 5) is 22.8. The summed E-state index contributed by atoms with van der Waals surface area (Å²) >= 11 is 0. The highest BCUT2D eigenvalue weighted by atomic mass is 16.4. The third-order valence-electron chi connectivity index (χ3n) is 3.52. The number of hydrogen-bond acceptors (Lipinski definition) is 2. The minimum absolute atomic E-state index is 0.0642. The maximum atomic E-state index is 11.6. The van der Waals surface area contributed by atoms with Crippen molar-refractivity contribution in [3.8, 4) is 0 Å². The normalized spacial score (nSPS) is 20.2. The number of carboxylic acid groups (broad SMARTS) is 1. The van der Waals surface area contributed by atoms with Crippen LogP contribution in [-0.4, -0.2) is 29.2 Å². The van der Waals surface area contributed by atoms with Crippen LogP contribution in [0.3, 0.4) is 0 Å². The molecule has 0 aliphatic heterocycles. The third kappa shape index (κ3) is 3.61. The second-order valence-electron chi connectivity index (χ2n) is 5.13. The lowest BCUT2D eigenvalue weighted by molar-refractivity contribution is -0.144. The zero-order chi connectivity index (χ0) is 13.1. The number of hydrogen-bond donors (Lipinski definition) is 3. The molecule has 0 heterocycles. The summed E-state index contributed by atoms with van der Waals surface area (Å²) in [5.41, 5.74) is -1.13. The van der Waals surface area contributed by atoms with E-state index in [9.17, 15) is 14.7 Å². The minimum atomic E-state index is -1.13. The van der Waals surface area contributed by atoms with Gasteiger partial charge in [0.2, 0.25) is 0 Å². The molecule has 0 aromatic rings. The molecule has 5 nitrogen and oxygen atoms in total. The van der Waals surface area contributed by atoms with Crippen molar-refractivity contribution in [3.05, 3.63) is 0 Å². The average Bonchev–Trinajstić information content (AvgIpc) is 3.09. The summed E-state index contributed by atoms with van der Waals surface area (Å²) in [5.74, 6) is -0.495. The van der Waals surface area contributed by atoms with Crippen LogP contribution in [0.2, 0.25) is 0 Å². The van der Waals surface area contributed by atoms with Gasteiger partial charge in [0.15, 0.2) is 0 Å². The Morgan fingerprint density at radius 2 is 2.06 bits per heavy atom. The molecule has 0 bridgehead atoms. The molecule has 1 aliphatic carbocycles. The lowest BCUT2D eigenvalue weighted by Gasteiger charge is -2.26. The van der Waals surface area contributed by atoms with Crippen LogP contribution in [0.15, 0.2) is 0 Å². The zero-order valence-electron chi connectivity index (χ0n) is 10.7. The van der Waals surface area contributed by atoms with Crippen LogP contribution < -0.4 is 10.6 Å². The van der Waals surface area contributed by atoms with Crippen molar-refractivity contribution in [2.45, 2.75) is 45.6 Å². The van der Waals surface area contributed by atoms with Crippen LogP contribution in [0.4, 0.5) is 4.79 Å². The average molecular weight is 242 g/mol. The molecule has 3 N–H and O–H groups in total. The lowest BCUT2D eigenvalue weighted by atomic mass is 9.96. The molecule has 1 rings (SSSR count). The van der Waals surface area contributed by atoms with E-state index >= 15 is 0 Å². The van der Waals surface area contributed by atoms with Crippen LogP contribution >= 0.6 is 0 Å². The molecular formula is C12H22N2O3. The second-order valence-corrected chi connectivity index (χ2v) is 5.13. The number of aliphatic carboxylic acids is 1. The predicted molar refractivity (Wildman–Crippen MR) is 64.8 cm³/mol. The number of rotatable bonds is 6. The van der Waals surface area contributed by atoms with Gasteiger partial charge in [0.05, 0.1) is 0 Å². The molecule has 2 atom stereocenters. The first-order chi connectivity index (χ1) is 7.90. The molecule has 98 valence electrons. The fourth-order valence-corrected chi connectivity index (χ4v) is 1.68. The van der Waals surface area contributed by atoms with Gasteiger partial charge in [0.25, 0.3) is 0 Å². The number of nitrogens with one attached hydrogen (secondary N) is 2. The highest BCUT2D eigenvalue weighted by Gasteiger charge is 2.48. The Bertz CT molecular complexity index is 302. The van der Waals surface area contributed by atoms with E-state index in [-0.39, 0.29) is 11.9 Å². The molecular weight excluding hydrogens is 220 g/mol. The van der Waals surface area contributed by atoms with Gasteiger partial charge >= 0.3 is 12.0 Å². The summed E-state index contributed by atoms with van der Waals surface area (Å²) in [6.07, 6.45) is 2.72. The van der Waals surface area contributed by atoms with Crippen molar-refractivity contribution in [2.24, 2.45) is 11.8 Å². The monoisotopic (exact) mass is 242 g/mol. The Morgan fingerprint density at radius 3 is 2.47 bits per heavy atom. The van der Waals surface area contributed by atoms with Gasteiger partial charge in [-0.1, -0.05) is 20.3 Å². The number of carboxylic acids is 1. The standard InChI is InChI=1S/C12H22N2O3/c1-4-8(2)7-13-11(17)14-12(3,10(15)16)9-5-6-9/h8-9H,4-7H2,1-3H3,(H,15,16)(H2,13,14,17). The molecule has 0 aromatic heterocycles. The molecule has 0 radical (unpaired) electrons. The molecule has 2 amide bonds. The molecule has 1 saturated carbocycles. The predicted octanol–water partition coefficient (Wildman–Crippen LogP) is 1.58. The number of carbonyl (C=O) groups excluding carboxylic acids is 1. The topological polar surface area (TPSA) is 78.4 Å². The van der Waals surface area contributed by atoms with Gasteiger partial charge < -0.3 is 15.7 Å². The molecule has 1 fully saturated rings. The molecule has 0 spiro atoms. The van der Waals surface area contributed by atoms with Crippen molar-refractivity contribution >= 4 is 12.0 Å². The Balaban J connectivity index is 2.45. The van der Waals surface area contributed by atoms with Gasteiger partial charge in [0.1, 0.15) is 5.54 Å². The zero-order valence-corrected chi connectivity index (χ0v) is 10.7. The van der Waals surface area contributed by atoms with E-state index in [2.05, 4.69) is 17.6 Å². The number of carbonyl (C=O) groups is 2. The Morgan fingerprint density at radius 1 is 1.47 bits per heavy atom. The first-order valence-corrected chi connectivity index (χ1v) is 6.19. The lowest BCUT2D eigenvalue weighted by Crippen LogP contribution is -2.57. The van der Waals surface area contributed by atoms with E-state index in [1.165, 1.54) is 0 Å². The Hall–Kier alpha value is -1.26. The van der Waals surface area contributed by atoms with Gasteiger partial charge in [-0.25, -0.2) is 9.59 Å². The van der Waals surface area contributed by atoms with Crippen molar-refractivity contribution in [1.82, 2.24) is 10.6 Å².